The van der Waals surface area contributed by atoms with Gasteiger partial charge in [-0.2, -0.15) is 0 Å². The Morgan fingerprint density at radius 1 is 1.23 bits per heavy atom. The number of methoxy groups -OCH3 is 1. The fourth-order valence-electron chi connectivity index (χ4n) is 3.15. The molecular weight excluding hydrogens is 334 g/mol. The SMILES string of the molecule is COC(=O)c1cc(-c2cccc(C(=O)N3CCC(NC(C)=O)C3)c2)c[nH]1. The number of benzene rings is 1. The van der Waals surface area contributed by atoms with Crippen LogP contribution in [-0.4, -0.2) is 53.9 Å². The Hall–Kier alpha value is -3.09. The molecule has 1 aromatic carbocycles. The lowest BCUT2D eigenvalue weighted by atomic mass is 10.0. The number of likely N-dealkylation sites (tertiary alicyclic amines) is 1. The first kappa shape index (κ1) is 17.7. The topological polar surface area (TPSA) is 91.5 Å². The zero-order valence-corrected chi connectivity index (χ0v) is 14.7. The van der Waals surface area contributed by atoms with Crippen molar-refractivity contribution in [3.05, 3.63) is 47.8 Å². The van der Waals surface area contributed by atoms with Gasteiger partial charge in [0.15, 0.2) is 0 Å². The number of H-pyrrole nitrogens is 1. The Bertz CT molecular complexity index is 843. The molecule has 1 unspecified atom stereocenters. The van der Waals surface area contributed by atoms with Gasteiger partial charge in [0.25, 0.3) is 5.91 Å². The van der Waals surface area contributed by atoms with Crippen molar-refractivity contribution in [1.82, 2.24) is 15.2 Å². The number of nitrogens with one attached hydrogen (secondary N) is 2. The zero-order valence-electron chi connectivity index (χ0n) is 14.7. The van der Waals surface area contributed by atoms with Crippen LogP contribution in [0.4, 0.5) is 0 Å². The van der Waals surface area contributed by atoms with Crippen molar-refractivity contribution < 1.29 is 19.1 Å². The lowest BCUT2D eigenvalue weighted by molar-refractivity contribution is -0.119. The summed E-state index contributed by atoms with van der Waals surface area (Å²) in [5.41, 5.74) is 2.57. The quantitative estimate of drug-likeness (QED) is 0.819. The third-order valence-electron chi connectivity index (χ3n) is 4.41. The van der Waals surface area contributed by atoms with Crippen molar-refractivity contribution in [2.24, 2.45) is 0 Å². The molecule has 2 N–H and O–H groups in total. The highest BCUT2D eigenvalue weighted by Gasteiger charge is 2.27. The largest absolute Gasteiger partial charge is 0.464 e. The number of nitrogens with zero attached hydrogens (tertiary/aromatic N) is 1. The minimum absolute atomic E-state index is 0.00641. The van der Waals surface area contributed by atoms with Crippen LogP contribution in [0.5, 0.6) is 0 Å². The molecule has 1 saturated heterocycles. The number of amides is 2. The van der Waals surface area contributed by atoms with Crippen molar-refractivity contribution in [3.8, 4) is 11.1 Å². The van der Waals surface area contributed by atoms with E-state index in [1.54, 1.807) is 29.3 Å². The van der Waals surface area contributed by atoms with Crippen LogP contribution in [0.2, 0.25) is 0 Å². The van der Waals surface area contributed by atoms with Gasteiger partial charge in [-0.25, -0.2) is 4.79 Å². The average molecular weight is 355 g/mol. The fraction of sp³-hybridized carbons (Fsp3) is 0.316. The molecule has 1 aliphatic heterocycles. The summed E-state index contributed by atoms with van der Waals surface area (Å²) in [6, 6.07) is 8.97. The van der Waals surface area contributed by atoms with Gasteiger partial charge in [0.05, 0.1) is 7.11 Å². The second kappa shape index (κ2) is 7.43. The van der Waals surface area contributed by atoms with E-state index in [-0.39, 0.29) is 17.9 Å². The fourth-order valence-corrected chi connectivity index (χ4v) is 3.15. The highest BCUT2D eigenvalue weighted by Crippen LogP contribution is 2.23. The molecule has 3 rings (SSSR count). The van der Waals surface area contributed by atoms with Gasteiger partial charge in [-0.3, -0.25) is 9.59 Å². The number of ether oxygens (including phenoxy) is 1. The molecule has 0 bridgehead atoms. The zero-order chi connectivity index (χ0) is 18.7. The standard InChI is InChI=1S/C19H21N3O4/c1-12(23)21-16-6-7-22(11-16)18(24)14-5-3-4-13(8-14)15-9-17(20-10-15)19(25)26-2/h3-5,8-10,16,20H,6-7,11H2,1-2H3,(H,21,23). The molecule has 1 atom stereocenters. The van der Waals surface area contributed by atoms with Crippen LogP contribution in [0.3, 0.4) is 0 Å². The van der Waals surface area contributed by atoms with Crippen LogP contribution in [0.1, 0.15) is 34.2 Å². The summed E-state index contributed by atoms with van der Waals surface area (Å²) >= 11 is 0. The minimum Gasteiger partial charge on any atom is -0.464 e. The molecule has 2 heterocycles. The summed E-state index contributed by atoms with van der Waals surface area (Å²) in [5.74, 6) is -0.590. The molecule has 2 aromatic rings. The normalized spacial score (nSPS) is 16.4. The van der Waals surface area contributed by atoms with E-state index in [1.165, 1.54) is 14.0 Å². The molecule has 2 amide bonds. The van der Waals surface area contributed by atoms with E-state index in [9.17, 15) is 14.4 Å². The van der Waals surface area contributed by atoms with Crippen molar-refractivity contribution in [2.75, 3.05) is 20.2 Å². The van der Waals surface area contributed by atoms with Gasteiger partial charge >= 0.3 is 5.97 Å². The predicted octanol–water partition coefficient (Wildman–Crippen LogP) is 1.82. The molecule has 0 saturated carbocycles. The second-order valence-electron chi connectivity index (χ2n) is 6.31. The Morgan fingerprint density at radius 2 is 2.04 bits per heavy atom. The number of aromatic amines is 1. The molecule has 0 aliphatic carbocycles. The molecule has 1 aliphatic rings. The summed E-state index contributed by atoms with van der Waals surface area (Å²) in [4.78, 5) is 40.1. The van der Waals surface area contributed by atoms with Gasteiger partial charge in [0.2, 0.25) is 5.91 Å². The van der Waals surface area contributed by atoms with Crippen LogP contribution in [-0.2, 0) is 9.53 Å². The second-order valence-corrected chi connectivity index (χ2v) is 6.31. The van der Waals surface area contributed by atoms with Gasteiger partial charge in [0.1, 0.15) is 5.69 Å². The monoisotopic (exact) mass is 355 g/mol. The van der Waals surface area contributed by atoms with E-state index in [0.717, 1.165) is 17.5 Å². The molecule has 0 radical (unpaired) electrons. The summed E-state index contributed by atoms with van der Waals surface area (Å²) in [7, 11) is 1.33. The molecule has 1 fully saturated rings. The first-order chi connectivity index (χ1) is 12.5. The average Bonchev–Trinajstić information content (AvgIpc) is 3.30. The third-order valence-corrected chi connectivity index (χ3v) is 4.41. The van der Waals surface area contributed by atoms with Crippen LogP contribution in [0, 0.1) is 0 Å². The van der Waals surface area contributed by atoms with E-state index >= 15 is 0 Å². The molecule has 0 spiro atoms. The van der Waals surface area contributed by atoms with Gasteiger partial charge in [-0.15, -0.1) is 0 Å². The third kappa shape index (κ3) is 3.77. The lowest BCUT2D eigenvalue weighted by Crippen LogP contribution is -2.37. The number of esters is 1. The van der Waals surface area contributed by atoms with Gasteiger partial charge < -0.3 is 19.9 Å². The number of carbonyl (C=O) groups is 3. The van der Waals surface area contributed by atoms with Crippen molar-refractivity contribution in [2.45, 2.75) is 19.4 Å². The number of hydrogen-bond donors (Lipinski definition) is 2. The van der Waals surface area contributed by atoms with E-state index in [0.29, 0.717) is 24.3 Å². The summed E-state index contributed by atoms with van der Waals surface area (Å²) in [6.07, 6.45) is 2.46. The highest BCUT2D eigenvalue weighted by atomic mass is 16.5. The van der Waals surface area contributed by atoms with Crippen LogP contribution in [0.15, 0.2) is 36.5 Å². The number of carbonyl (C=O) groups excluding carboxylic acids is 3. The minimum atomic E-state index is -0.440. The van der Waals surface area contributed by atoms with Crippen LogP contribution < -0.4 is 5.32 Å². The number of aromatic nitrogens is 1. The maximum Gasteiger partial charge on any atom is 0.354 e. The van der Waals surface area contributed by atoms with E-state index in [2.05, 4.69) is 10.3 Å². The maximum absolute atomic E-state index is 12.8. The molecule has 1 aromatic heterocycles. The Morgan fingerprint density at radius 3 is 2.77 bits per heavy atom. The molecule has 26 heavy (non-hydrogen) atoms. The van der Waals surface area contributed by atoms with E-state index in [4.69, 9.17) is 4.74 Å². The van der Waals surface area contributed by atoms with Gasteiger partial charge in [-0.1, -0.05) is 12.1 Å². The summed E-state index contributed by atoms with van der Waals surface area (Å²) < 4.78 is 4.69. The first-order valence-corrected chi connectivity index (χ1v) is 8.41. The Balaban J connectivity index is 1.75. The molecule has 136 valence electrons. The highest BCUT2D eigenvalue weighted by molar-refractivity contribution is 5.96. The summed E-state index contributed by atoms with van der Waals surface area (Å²) in [5, 5.41) is 2.85. The van der Waals surface area contributed by atoms with Gasteiger partial charge in [-0.05, 0) is 30.2 Å². The van der Waals surface area contributed by atoms with Crippen LogP contribution in [0.25, 0.3) is 11.1 Å². The van der Waals surface area contributed by atoms with Crippen LogP contribution >= 0.6 is 0 Å². The van der Waals surface area contributed by atoms with E-state index in [1.807, 2.05) is 12.1 Å². The Kier molecular flexibility index (Phi) is 5.06. The Labute approximate surface area is 151 Å². The maximum atomic E-state index is 12.8. The molecular formula is C19H21N3O4. The van der Waals surface area contributed by atoms with Crippen molar-refractivity contribution >= 4 is 17.8 Å². The van der Waals surface area contributed by atoms with Crippen molar-refractivity contribution in [3.63, 3.8) is 0 Å². The first-order valence-electron chi connectivity index (χ1n) is 8.41. The van der Waals surface area contributed by atoms with Crippen molar-refractivity contribution in [1.29, 1.82) is 0 Å². The number of hydrogen-bond acceptors (Lipinski definition) is 4. The van der Waals surface area contributed by atoms with E-state index < -0.39 is 5.97 Å². The smallest absolute Gasteiger partial charge is 0.354 e. The molecule has 7 nitrogen and oxygen atoms in total. The number of rotatable bonds is 4. The van der Waals surface area contributed by atoms with Gasteiger partial charge in [0, 0.05) is 43.4 Å². The predicted molar refractivity (Wildman–Crippen MR) is 95.7 cm³/mol. The summed E-state index contributed by atoms with van der Waals surface area (Å²) in [6.45, 7) is 2.61. The molecule has 7 heteroatoms. The lowest BCUT2D eigenvalue weighted by Gasteiger charge is -2.17.